The van der Waals surface area contributed by atoms with Crippen LogP contribution in [0.5, 0.6) is 0 Å². The number of rotatable bonds is 2. The minimum Gasteiger partial charge on any atom is -0.368 e. The van der Waals surface area contributed by atoms with Crippen LogP contribution in [0.25, 0.3) is 0 Å². The van der Waals surface area contributed by atoms with E-state index in [1.807, 2.05) is 31.2 Å². The molecular formula is C10H12N6S. The number of nitrogens with two attached hydrogens (primary N) is 2. The second-order valence-electron chi connectivity index (χ2n) is 3.55. The monoisotopic (exact) mass is 248 g/mol. The number of nitrogens with one attached hydrogen (secondary N) is 1. The minimum atomic E-state index is 0.0892. The van der Waals surface area contributed by atoms with Gasteiger partial charge in [0.2, 0.25) is 16.7 Å². The van der Waals surface area contributed by atoms with Crippen molar-refractivity contribution in [1.82, 2.24) is 14.6 Å². The quantitative estimate of drug-likeness (QED) is 0.548. The summed E-state index contributed by atoms with van der Waals surface area (Å²) in [6, 6.07) is 7.78. The molecular weight excluding hydrogens is 236 g/mol. The molecule has 7 heteroatoms. The number of nitrogen functional groups attached to an aromatic ring is 2. The molecule has 0 fully saturated rings. The summed E-state index contributed by atoms with van der Waals surface area (Å²) < 4.78 is 1.35. The fourth-order valence-electron chi connectivity index (χ4n) is 1.28. The molecule has 0 aliphatic heterocycles. The van der Waals surface area contributed by atoms with E-state index >= 15 is 0 Å². The molecule has 0 spiro atoms. The first kappa shape index (κ1) is 11.3. The Morgan fingerprint density at radius 1 is 1.24 bits per heavy atom. The molecule has 0 saturated heterocycles. The summed E-state index contributed by atoms with van der Waals surface area (Å²) in [6.07, 6.45) is 0. The molecule has 0 unspecified atom stereocenters. The van der Waals surface area contributed by atoms with Crippen molar-refractivity contribution in [2.45, 2.75) is 6.92 Å². The van der Waals surface area contributed by atoms with E-state index in [0.717, 1.165) is 5.69 Å². The van der Waals surface area contributed by atoms with Gasteiger partial charge in [-0.05, 0) is 31.3 Å². The smallest absolute Gasteiger partial charge is 0.232 e. The van der Waals surface area contributed by atoms with Crippen molar-refractivity contribution >= 4 is 29.8 Å². The minimum absolute atomic E-state index is 0.0892. The number of nitrogens with zero attached hydrogens (tertiary/aromatic N) is 3. The number of aryl methyl sites for hydroxylation is 1. The van der Waals surface area contributed by atoms with Crippen molar-refractivity contribution < 1.29 is 0 Å². The van der Waals surface area contributed by atoms with Gasteiger partial charge in [0.25, 0.3) is 0 Å². The molecule has 88 valence electrons. The molecule has 0 amide bonds. The Bertz CT molecular complexity index is 589. The zero-order valence-corrected chi connectivity index (χ0v) is 10.0. The maximum atomic E-state index is 5.70. The summed E-state index contributed by atoms with van der Waals surface area (Å²) >= 11 is 4.93. The van der Waals surface area contributed by atoms with Gasteiger partial charge in [-0.2, -0.15) is 9.97 Å². The van der Waals surface area contributed by atoms with E-state index < -0.39 is 0 Å². The second-order valence-corrected chi connectivity index (χ2v) is 3.91. The maximum Gasteiger partial charge on any atom is 0.232 e. The Balaban J connectivity index is 2.36. The summed E-state index contributed by atoms with van der Waals surface area (Å²) in [4.78, 5) is 7.75. The number of hydrogen-bond donors (Lipinski definition) is 3. The Labute approximate surface area is 103 Å². The third-order valence-corrected chi connectivity index (χ3v) is 2.46. The lowest BCUT2D eigenvalue weighted by Gasteiger charge is -2.10. The van der Waals surface area contributed by atoms with Crippen LogP contribution in [0.2, 0.25) is 0 Å². The third-order valence-electron chi connectivity index (χ3n) is 2.17. The van der Waals surface area contributed by atoms with Crippen LogP contribution in [0.1, 0.15) is 5.56 Å². The normalized spacial score (nSPS) is 10.2. The highest BCUT2D eigenvalue weighted by atomic mass is 32.1. The molecule has 0 saturated carbocycles. The van der Waals surface area contributed by atoms with Gasteiger partial charge in [-0.3, -0.25) is 0 Å². The summed E-state index contributed by atoms with van der Waals surface area (Å²) in [5.41, 5.74) is 7.53. The Morgan fingerprint density at radius 3 is 2.53 bits per heavy atom. The standard InChI is InChI=1S/C10H12N6S/c1-6-2-4-7(5-3-6)13-9-14-8(11)15-10(17)16(9)12/h2-5H,12H2,1H3,(H3,11,13,14,15,17). The van der Waals surface area contributed by atoms with E-state index in [1.165, 1.54) is 10.2 Å². The van der Waals surface area contributed by atoms with Crippen molar-refractivity contribution in [2.75, 3.05) is 16.9 Å². The van der Waals surface area contributed by atoms with E-state index in [4.69, 9.17) is 23.8 Å². The van der Waals surface area contributed by atoms with Gasteiger partial charge in [0.05, 0.1) is 0 Å². The topological polar surface area (TPSA) is 94.8 Å². The first-order chi connectivity index (χ1) is 8.06. The van der Waals surface area contributed by atoms with E-state index in [1.54, 1.807) is 0 Å². The maximum absolute atomic E-state index is 5.70. The molecule has 2 rings (SSSR count). The average molecular weight is 248 g/mol. The van der Waals surface area contributed by atoms with Crippen molar-refractivity contribution in [3.63, 3.8) is 0 Å². The molecule has 17 heavy (non-hydrogen) atoms. The zero-order valence-electron chi connectivity index (χ0n) is 9.21. The van der Waals surface area contributed by atoms with Crippen molar-refractivity contribution in [2.24, 2.45) is 0 Å². The second kappa shape index (κ2) is 4.38. The molecule has 0 bridgehead atoms. The number of hydrogen-bond acceptors (Lipinski definition) is 6. The lowest BCUT2D eigenvalue weighted by molar-refractivity contribution is 0.876. The largest absolute Gasteiger partial charge is 0.368 e. The average Bonchev–Trinajstić information content (AvgIpc) is 2.28. The van der Waals surface area contributed by atoms with Gasteiger partial charge >= 0.3 is 0 Å². The molecule has 0 radical (unpaired) electrons. The molecule has 0 atom stereocenters. The Morgan fingerprint density at radius 2 is 1.88 bits per heavy atom. The summed E-state index contributed by atoms with van der Waals surface area (Å²) in [7, 11) is 0. The Hall–Kier alpha value is -2.15. The predicted molar refractivity (Wildman–Crippen MR) is 69.9 cm³/mol. The highest BCUT2D eigenvalue weighted by Gasteiger charge is 2.03. The molecule has 1 heterocycles. The first-order valence-corrected chi connectivity index (χ1v) is 5.32. The summed E-state index contributed by atoms with van der Waals surface area (Å²) in [6.45, 7) is 2.01. The number of aromatic nitrogens is 3. The van der Waals surface area contributed by atoms with Gasteiger partial charge in [-0.15, -0.1) is 0 Å². The SMILES string of the molecule is Cc1ccc(Nc2nc(N)nc(=S)n2N)cc1. The fraction of sp³-hybridized carbons (Fsp3) is 0.100. The van der Waals surface area contributed by atoms with Gasteiger partial charge < -0.3 is 16.9 Å². The third kappa shape index (κ3) is 2.51. The van der Waals surface area contributed by atoms with Crippen LogP contribution in [-0.4, -0.2) is 14.6 Å². The highest BCUT2D eigenvalue weighted by Crippen LogP contribution is 2.14. The van der Waals surface area contributed by atoms with Crippen LogP contribution in [-0.2, 0) is 0 Å². The summed E-state index contributed by atoms with van der Waals surface area (Å²) in [5.74, 6) is 6.14. The van der Waals surface area contributed by atoms with Crippen molar-refractivity contribution in [3.8, 4) is 0 Å². The predicted octanol–water partition coefficient (Wildman–Crippen LogP) is 1.36. The molecule has 6 nitrogen and oxygen atoms in total. The van der Waals surface area contributed by atoms with Crippen molar-refractivity contribution in [3.05, 3.63) is 34.6 Å². The number of benzene rings is 1. The molecule has 1 aromatic heterocycles. The van der Waals surface area contributed by atoms with Gasteiger partial charge in [-0.25, -0.2) is 4.68 Å². The molecule has 0 aliphatic carbocycles. The van der Waals surface area contributed by atoms with Crippen LogP contribution in [0.15, 0.2) is 24.3 Å². The summed E-state index contributed by atoms with van der Waals surface area (Å²) in [5, 5.41) is 3.02. The molecule has 5 N–H and O–H groups in total. The van der Waals surface area contributed by atoms with Gasteiger partial charge in [0, 0.05) is 5.69 Å². The van der Waals surface area contributed by atoms with E-state index in [0.29, 0.717) is 5.95 Å². The van der Waals surface area contributed by atoms with Gasteiger partial charge in [-0.1, -0.05) is 17.7 Å². The molecule has 0 aliphatic rings. The van der Waals surface area contributed by atoms with E-state index in [2.05, 4.69) is 15.3 Å². The highest BCUT2D eigenvalue weighted by molar-refractivity contribution is 7.71. The lowest BCUT2D eigenvalue weighted by Crippen LogP contribution is -2.19. The van der Waals surface area contributed by atoms with Crippen LogP contribution in [0, 0.1) is 11.7 Å². The van der Waals surface area contributed by atoms with Crippen molar-refractivity contribution in [1.29, 1.82) is 0 Å². The molecule has 2 aromatic rings. The van der Waals surface area contributed by atoms with Crippen LogP contribution in [0.3, 0.4) is 0 Å². The van der Waals surface area contributed by atoms with Gasteiger partial charge in [0.15, 0.2) is 0 Å². The Kier molecular flexibility index (Phi) is 2.92. The van der Waals surface area contributed by atoms with E-state index in [-0.39, 0.29) is 10.7 Å². The first-order valence-electron chi connectivity index (χ1n) is 4.91. The zero-order chi connectivity index (χ0) is 12.4. The molecule has 1 aromatic carbocycles. The number of anilines is 3. The lowest BCUT2D eigenvalue weighted by atomic mass is 10.2. The van der Waals surface area contributed by atoms with Gasteiger partial charge in [0.1, 0.15) is 0 Å². The van der Waals surface area contributed by atoms with Crippen LogP contribution < -0.4 is 16.9 Å². The van der Waals surface area contributed by atoms with Crippen LogP contribution >= 0.6 is 12.2 Å². The van der Waals surface area contributed by atoms with Crippen LogP contribution in [0.4, 0.5) is 17.6 Å². The fourth-order valence-corrected chi connectivity index (χ4v) is 1.46. The van der Waals surface area contributed by atoms with E-state index in [9.17, 15) is 0 Å².